The van der Waals surface area contributed by atoms with E-state index in [9.17, 15) is 4.79 Å². The number of hydrazone groups is 1. The predicted molar refractivity (Wildman–Crippen MR) is 106 cm³/mol. The molecule has 2 heterocycles. The van der Waals surface area contributed by atoms with E-state index in [1.165, 1.54) is 11.9 Å². The minimum Gasteiger partial charge on any atom is -0.451 e. The van der Waals surface area contributed by atoms with Gasteiger partial charge < -0.3 is 9.15 Å². The van der Waals surface area contributed by atoms with Crippen LogP contribution in [-0.2, 0) is 9.53 Å². The predicted octanol–water partition coefficient (Wildman–Crippen LogP) is 5.60. The number of halogens is 2. The summed E-state index contributed by atoms with van der Waals surface area (Å²) in [6.07, 6.45) is -0.639. The Morgan fingerprint density at radius 1 is 1.07 bits per heavy atom. The third kappa shape index (κ3) is 3.50. The molecule has 1 aromatic heterocycles. The molecule has 5 nitrogen and oxygen atoms in total. The molecule has 0 fully saturated rings. The number of hydrogen-bond acceptors (Lipinski definition) is 4. The van der Waals surface area contributed by atoms with Gasteiger partial charge in [-0.05, 0) is 36.4 Å². The summed E-state index contributed by atoms with van der Waals surface area (Å²) in [4.78, 5) is 12.0. The summed E-state index contributed by atoms with van der Waals surface area (Å²) in [7, 11) is 0. The van der Waals surface area contributed by atoms with E-state index in [2.05, 4.69) is 21.0 Å². The SMILES string of the molecule is CC(=O)N1N=C(c2ccc(-c3ccccc3Cl)o2)OC1c1ccc(Br)cc1. The van der Waals surface area contributed by atoms with Gasteiger partial charge in [-0.1, -0.05) is 51.8 Å². The summed E-state index contributed by atoms with van der Waals surface area (Å²) in [5.41, 5.74) is 1.59. The molecule has 1 aliphatic heterocycles. The Morgan fingerprint density at radius 2 is 1.78 bits per heavy atom. The molecule has 1 unspecified atom stereocenters. The molecule has 27 heavy (non-hydrogen) atoms. The summed E-state index contributed by atoms with van der Waals surface area (Å²) >= 11 is 9.63. The van der Waals surface area contributed by atoms with Crippen LogP contribution in [0.3, 0.4) is 0 Å². The minimum atomic E-state index is -0.639. The number of rotatable bonds is 3. The molecule has 0 bridgehead atoms. The zero-order valence-electron chi connectivity index (χ0n) is 14.2. The van der Waals surface area contributed by atoms with Crippen LogP contribution in [0.1, 0.15) is 24.5 Å². The first-order valence-corrected chi connectivity index (χ1v) is 9.35. The summed E-state index contributed by atoms with van der Waals surface area (Å²) in [6.45, 7) is 1.44. The number of carbonyl (C=O) groups excluding carboxylic acids is 1. The van der Waals surface area contributed by atoms with Crippen LogP contribution in [0, 0.1) is 0 Å². The topological polar surface area (TPSA) is 55.0 Å². The lowest BCUT2D eigenvalue weighted by molar-refractivity contribution is -0.135. The van der Waals surface area contributed by atoms with Crippen molar-refractivity contribution in [2.75, 3.05) is 0 Å². The van der Waals surface area contributed by atoms with Crippen molar-refractivity contribution in [3.63, 3.8) is 0 Å². The van der Waals surface area contributed by atoms with Crippen LogP contribution in [0.2, 0.25) is 5.02 Å². The zero-order valence-corrected chi connectivity index (χ0v) is 16.6. The Kier molecular flexibility index (Phi) is 4.76. The van der Waals surface area contributed by atoms with Crippen molar-refractivity contribution in [2.24, 2.45) is 5.10 Å². The molecule has 0 aliphatic carbocycles. The van der Waals surface area contributed by atoms with Gasteiger partial charge >= 0.3 is 0 Å². The lowest BCUT2D eigenvalue weighted by atomic mass is 10.2. The third-order valence-electron chi connectivity index (χ3n) is 4.08. The lowest BCUT2D eigenvalue weighted by Crippen LogP contribution is -2.25. The average molecular weight is 446 g/mol. The minimum absolute atomic E-state index is 0.226. The van der Waals surface area contributed by atoms with Crippen molar-refractivity contribution in [2.45, 2.75) is 13.2 Å². The highest BCUT2D eigenvalue weighted by Gasteiger charge is 2.34. The molecule has 0 radical (unpaired) electrons. The van der Waals surface area contributed by atoms with E-state index < -0.39 is 6.23 Å². The number of amides is 1. The molecule has 1 atom stereocenters. The Labute approximate surface area is 169 Å². The normalized spacial score (nSPS) is 16.2. The van der Waals surface area contributed by atoms with Gasteiger partial charge in [0, 0.05) is 22.5 Å². The van der Waals surface area contributed by atoms with E-state index in [1.807, 2.05) is 42.5 Å². The van der Waals surface area contributed by atoms with Crippen LogP contribution >= 0.6 is 27.5 Å². The first-order chi connectivity index (χ1) is 13.0. The Balaban J connectivity index is 1.65. The van der Waals surface area contributed by atoms with Crippen molar-refractivity contribution in [3.8, 4) is 11.3 Å². The molecule has 136 valence electrons. The number of benzene rings is 2. The van der Waals surface area contributed by atoms with Gasteiger partial charge in [0.2, 0.25) is 12.1 Å². The molecule has 1 amide bonds. The van der Waals surface area contributed by atoms with Crippen LogP contribution in [-0.4, -0.2) is 16.8 Å². The van der Waals surface area contributed by atoms with Crippen LogP contribution < -0.4 is 0 Å². The summed E-state index contributed by atoms with van der Waals surface area (Å²) in [6, 6.07) is 18.5. The zero-order chi connectivity index (χ0) is 19.0. The molecule has 0 saturated heterocycles. The summed E-state index contributed by atoms with van der Waals surface area (Å²) in [5, 5.41) is 6.20. The lowest BCUT2D eigenvalue weighted by Gasteiger charge is -2.19. The van der Waals surface area contributed by atoms with Crippen molar-refractivity contribution in [1.29, 1.82) is 0 Å². The van der Waals surface area contributed by atoms with Crippen LogP contribution in [0.15, 0.2) is 74.7 Å². The van der Waals surface area contributed by atoms with Gasteiger partial charge in [0.25, 0.3) is 5.90 Å². The van der Waals surface area contributed by atoms with Crippen molar-refractivity contribution in [1.82, 2.24) is 5.01 Å². The fraction of sp³-hybridized carbons (Fsp3) is 0.100. The maximum atomic E-state index is 12.0. The molecular weight excluding hydrogens is 432 g/mol. The van der Waals surface area contributed by atoms with Gasteiger partial charge in [-0.25, -0.2) is 0 Å². The first-order valence-electron chi connectivity index (χ1n) is 8.18. The van der Waals surface area contributed by atoms with Gasteiger partial charge in [0.15, 0.2) is 5.76 Å². The highest BCUT2D eigenvalue weighted by Crippen LogP contribution is 2.34. The van der Waals surface area contributed by atoms with E-state index in [0.29, 0.717) is 16.5 Å². The van der Waals surface area contributed by atoms with E-state index in [0.717, 1.165) is 15.6 Å². The van der Waals surface area contributed by atoms with E-state index in [-0.39, 0.29) is 11.8 Å². The van der Waals surface area contributed by atoms with Gasteiger partial charge in [-0.15, -0.1) is 5.10 Å². The Bertz CT molecular complexity index is 1030. The fourth-order valence-electron chi connectivity index (χ4n) is 2.77. The molecule has 7 heteroatoms. The second-order valence-corrected chi connectivity index (χ2v) is 7.26. The van der Waals surface area contributed by atoms with Crippen LogP contribution in [0.25, 0.3) is 11.3 Å². The van der Waals surface area contributed by atoms with Gasteiger partial charge in [-0.3, -0.25) is 4.79 Å². The summed E-state index contributed by atoms with van der Waals surface area (Å²) < 4.78 is 12.8. The number of nitrogens with zero attached hydrogens (tertiary/aromatic N) is 2. The maximum Gasteiger partial charge on any atom is 0.277 e. The standard InChI is InChI=1S/C20H14BrClN2O3/c1-12(25)24-20(13-6-8-14(21)9-7-13)27-19(23-24)18-11-10-17(26-18)15-4-2-3-5-16(15)22/h2-11,20H,1H3. The van der Waals surface area contributed by atoms with Crippen LogP contribution in [0.4, 0.5) is 0 Å². The number of hydrogen-bond donors (Lipinski definition) is 0. The molecule has 4 rings (SSSR count). The quantitative estimate of drug-likeness (QED) is 0.527. The van der Waals surface area contributed by atoms with Crippen molar-refractivity contribution in [3.05, 3.63) is 81.5 Å². The highest BCUT2D eigenvalue weighted by atomic mass is 79.9. The third-order valence-corrected chi connectivity index (χ3v) is 4.94. The number of ether oxygens (including phenoxy) is 1. The molecule has 2 aromatic carbocycles. The molecular formula is C20H14BrClN2O3. The largest absolute Gasteiger partial charge is 0.451 e. The van der Waals surface area contributed by atoms with Gasteiger partial charge in [0.05, 0.1) is 5.02 Å². The van der Waals surface area contributed by atoms with Crippen molar-refractivity contribution >= 4 is 39.3 Å². The summed E-state index contributed by atoms with van der Waals surface area (Å²) in [5.74, 6) is 1.05. The fourth-order valence-corrected chi connectivity index (χ4v) is 3.26. The Morgan fingerprint density at radius 3 is 2.48 bits per heavy atom. The Hall–Kier alpha value is -2.57. The number of furan rings is 1. The van der Waals surface area contributed by atoms with E-state index in [1.54, 1.807) is 18.2 Å². The van der Waals surface area contributed by atoms with E-state index in [4.69, 9.17) is 20.8 Å². The smallest absolute Gasteiger partial charge is 0.277 e. The second kappa shape index (κ2) is 7.21. The molecule has 0 saturated carbocycles. The molecule has 0 spiro atoms. The van der Waals surface area contributed by atoms with Crippen LogP contribution in [0.5, 0.6) is 0 Å². The second-order valence-electron chi connectivity index (χ2n) is 5.93. The average Bonchev–Trinajstić information content (AvgIpc) is 3.30. The van der Waals surface area contributed by atoms with Crippen molar-refractivity contribution < 1.29 is 13.9 Å². The first kappa shape index (κ1) is 17.8. The van der Waals surface area contributed by atoms with Gasteiger partial charge in [-0.2, -0.15) is 5.01 Å². The monoisotopic (exact) mass is 444 g/mol. The molecule has 0 N–H and O–H groups in total. The number of carbonyl (C=O) groups is 1. The van der Waals surface area contributed by atoms with E-state index >= 15 is 0 Å². The molecule has 1 aliphatic rings. The highest BCUT2D eigenvalue weighted by molar-refractivity contribution is 9.10. The molecule has 3 aromatic rings. The maximum absolute atomic E-state index is 12.0. The van der Waals surface area contributed by atoms with Gasteiger partial charge in [0.1, 0.15) is 5.76 Å².